The second kappa shape index (κ2) is 7.95. The molecule has 0 spiro atoms. The van der Waals surface area contributed by atoms with Crippen molar-refractivity contribution in [1.82, 2.24) is 9.80 Å². The predicted molar refractivity (Wildman–Crippen MR) is 70.8 cm³/mol. The molecular formula is C11H23N3OS. The van der Waals surface area contributed by atoms with Crippen LogP contribution in [0.2, 0.25) is 0 Å². The van der Waals surface area contributed by atoms with E-state index in [4.69, 9.17) is 22.7 Å². The molecule has 0 bridgehead atoms. The average molecular weight is 245 g/mol. The fourth-order valence-electron chi connectivity index (χ4n) is 1.93. The Bertz CT molecular complexity index is 205. The molecule has 0 unspecified atom stereocenters. The Morgan fingerprint density at radius 2 is 1.88 bits per heavy atom. The number of ether oxygens (including phenoxy) is 1. The fourth-order valence-corrected chi connectivity index (χ4v) is 2.11. The first-order valence-electron chi connectivity index (χ1n) is 6.03. The first-order chi connectivity index (χ1) is 7.72. The molecule has 1 fully saturated rings. The Labute approximate surface area is 104 Å². The monoisotopic (exact) mass is 245 g/mol. The summed E-state index contributed by atoms with van der Waals surface area (Å²) in [6.07, 6.45) is 1.13. The van der Waals surface area contributed by atoms with Gasteiger partial charge < -0.3 is 15.4 Å². The van der Waals surface area contributed by atoms with E-state index in [9.17, 15) is 0 Å². The van der Waals surface area contributed by atoms with E-state index in [1.807, 2.05) is 6.92 Å². The molecule has 0 aliphatic carbocycles. The average Bonchev–Trinajstić information content (AvgIpc) is 2.26. The zero-order valence-electron chi connectivity index (χ0n) is 10.2. The molecule has 1 heterocycles. The van der Waals surface area contributed by atoms with Crippen LogP contribution in [-0.2, 0) is 4.74 Å². The second-order valence-electron chi connectivity index (χ2n) is 4.13. The highest BCUT2D eigenvalue weighted by molar-refractivity contribution is 7.80. The van der Waals surface area contributed by atoms with E-state index in [-0.39, 0.29) is 0 Å². The molecule has 1 rings (SSSR count). The van der Waals surface area contributed by atoms with Crippen molar-refractivity contribution in [3.8, 4) is 0 Å². The van der Waals surface area contributed by atoms with Crippen molar-refractivity contribution < 1.29 is 4.74 Å². The zero-order chi connectivity index (χ0) is 11.8. The predicted octanol–water partition coefficient (Wildman–Crippen LogP) is 0.317. The third-order valence-electron chi connectivity index (χ3n) is 2.81. The number of nitrogens with zero attached hydrogens (tertiary/aromatic N) is 2. The molecule has 0 aromatic heterocycles. The number of hydrogen-bond acceptors (Lipinski definition) is 4. The molecular weight excluding hydrogens is 222 g/mol. The van der Waals surface area contributed by atoms with Crippen LogP contribution in [0.1, 0.15) is 13.3 Å². The molecule has 94 valence electrons. The summed E-state index contributed by atoms with van der Waals surface area (Å²) in [5.41, 5.74) is 5.53. The van der Waals surface area contributed by atoms with Gasteiger partial charge in [-0.1, -0.05) is 12.2 Å². The minimum absolute atomic E-state index is 0.602. The normalized spacial score (nSPS) is 18.8. The van der Waals surface area contributed by atoms with Gasteiger partial charge >= 0.3 is 0 Å². The van der Waals surface area contributed by atoms with Gasteiger partial charge in [0.1, 0.15) is 0 Å². The van der Waals surface area contributed by atoms with Gasteiger partial charge in [0.2, 0.25) is 0 Å². The van der Waals surface area contributed by atoms with Crippen LogP contribution in [0.4, 0.5) is 0 Å². The van der Waals surface area contributed by atoms with Crippen molar-refractivity contribution in [2.24, 2.45) is 5.73 Å². The smallest absolute Gasteiger partial charge is 0.0870 e. The Balaban J connectivity index is 2.05. The van der Waals surface area contributed by atoms with Gasteiger partial charge in [0.25, 0.3) is 0 Å². The highest BCUT2D eigenvalue weighted by atomic mass is 32.1. The number of rotatable bonds is 7. The topological polar surface area (TPSA) is 41.7 Å². The maximum absolute atomic E-state index is 5.53. The SMILES string of the molecule is CCOCCCN1CCN(CC(N)=S)CC1. The van der Waals surface area contributed by atoms with Gasteiger partial charge in [0, 0.05) is 52.5 Å². The summed E-state index contributed by atoms with van der Waals surface area (Å²) in [5, 5.41) is 0. The molecule has 1 aliphatic heterocycles. The third kappa shape index (κ3) is 5.75. The summed E-state index contributed by atoms with van der Waals surface area (Å²) in [6.45, 7) is 10.0. The highest BCUT2D eigenvalue weighted by Gasteiger charge is 2.16. The highest BCUT2D eigenvalue weighted by Crippen LogP contribution is 2.02. The van der Waals surface area contributed by atoms with E-state index in [2.05, 4.69) is 9.80 Å². The standard InChI is InChI=1S/C11H23N3OS/c1-2-15-9-3-4-13-5-7-14(8-6-13)10-11(12)16/h2-10H2,1H3,(H2,12,16). The van der Waals surface area contributed by atoms with Crippen LogP contribution in [0.3, 0.4) is 0 Å². The zero-order valence-corrected chi connectivity index (χ0v) is 11.0. The first-order valence-corrected chi connectivity index (χ1v) is 6.44. The molecule has 0 amide bonds. The van der Waals surface area contributed by atoms with Gasteiger partial charge in [0.15, 0.2) is 0 Å². The maximum Gasteiger partial charge on any atom is 0.0870 e. The van der Waals surface area contributed by atoms with Crippen molar-refractivity contribution in [2.75, 3.05) is 52.5 Å². The Morgan fingerprint density at radius 3 is 2.44 bits per heavy atom. The largest absolute Gasteiger partial charge is 0.392 e. The van der Waals surface area contributed by atoms with Gasteiger partial charge in [-0.2, -0.15) is 0 Å². The molecule has 2 N–H and O–H groups in total. The van der Waals surface area contributed by atoms with E-state index in [1.165, 1.54) is 0 Å². The lowest BCUT2D eigenvalue weighted by atomic mass is 10.3. The molecule has 0 atom stereocenters. The van der Waals surface area contributed by atoms with Gasteiger partial charge in [0.05, 0.1) is 4.99 Å². The van der Waals surface area contributed by atoms with E-state index in [1.54, 1.807) is 0 Å². The van der Waals surface area contributed by atoms with Gasteiger partial charge in [-0.25, -0.2) is 0 Å². The number of piperazine rings is 1. The molecule has 0 radical (unpaired) electrons. The quantitative estimate of drug-likeness (QED) is 0.517. The van der Waals surface area contributed by atoms with Crippen LogP contribution in [0.5, 0.6) is 0 Å². The van der Waals surface area contributed by atoms with Crippen molar-refractivity contribution >= 4 is 17.2 Å². The number of hydrogen-bond donors (Lipinski definition) is 1. The van der Waals surface area contributed by atoms with Crippen LogP contribution in [0.15, 0.2) is 0 Å². The summed E-state index contributed by atoms with van der Waals surface area (Å²) >= 11 is 4.91. The van der Waals surface area contributed by atoms with E-state index >= 15 is 0 Å². The molecule has 1 saturated heterocycles. The summed E-state index contributed by atoms with van der Waals surface area (Å²) in [6, 6.07) is 0. The van der Waals surface area contributed by atoms with Crippen LogP contribution in [-0.4, -0.2) is 67.3 Å². The van der Waals surface area contributed by atoms with E-state index < -0.39 is 0 Å². The summed E-state index contributed by atoms with van der Waals surface area (Å²) in [7, 11) is 0. The van der Waals surface area contributed by atoms with E-state index in [0.29, 0.717) is 4.99 Å². The van der Waals surface area contributed by atoms with Crippen molar-refractivity contribution in [3.63, 3.8) is 0 Å². The van der Waals surface area contributed by atoms with Crippen molar-refractivity contribution in [2.45, 2.75) is 13.3 Å². The Hall–Kier alpha value is -0.230. The Morgan fingerprint density at radius 1 is 1.25 bits per heavy atom. The van der Waals surface area contributed by atoms with Crippen LogP contribution < -0.4 is 5.73 Å². The Kier molecular flexibility index (Phi) is 6.87. The molecule has 1 aliphatic rings. The first kappa shape index (κ1) is 13.8. The summed E-state index contributed by atoms with van der Waals surface area (Å²) in [4.78, 5) is 5.40. The molecule has 5 heteroatoms. The lowest BCUT2D eigenvalue weighted by Crippen LogP contribution is -2.48. The minimum atomic E-state index is 0.602. The van der Waals surface area contributed by atoms with Gasteiger partial charge in [-0.05, 0) is 13.3 Å². The molecule has 0 saturated carbocycles. The van der Waals surface area contributed by atoms with E-state index in [0.717, 1.165) is 58.9 Å². The van der Waals surface area contributed by atoms with Crippen molar-refractivity contribution in [3.05, 3.63) is 0 Å². The summed E-state index contributed by atoms with van der Waals surface area (Å²) < 4.78 is 5.33. The third-order valence-corrected chi connectivity index (χ3v) is 2.94. The van der Waals surface area contributed by atoms with Gasteiger partial charge in [-0.15, -0.1) is 0 Å². The number of thiocarbonyl (C=S) groups is 1. The minimum Gasteiger partial charge on any atom is -0.392 e. The summed E-state index contributed by atoms with van der Waals surface area (Å²) in [5.74, 6) is 0. The second-order valence-corrected chi connectivity index (χ2v) is 4.66. The van der Waals surface area contributed by atoms with Crippen LogP contribution in [0, 0.1) is 0 Å². The lowest BCUT2D eigenvalue weighted by Gasteiger charge is -2.34. The van der Waals surface area contributed by atoms with Crippen LogP contribution in [0.25, 0.3) is 0 Å². The van der Waals surface area contributed by atoms with Crippen molar-refractivity contribution in [1.29, 1.82) is 0 Å². The lowest BCUT2D eigenvalue weighted by molar-refractivity contribution is 0.110. The van der Waals surface area contributed by atoms with Gasteiger partial charge in [-0.3, -0.25) is 4.90 Å². The number of nitrogens with two attached hydrogens (primary N) is 1. The molecule has 0 aromatic rings. The molecule has 0 aromatic carbocycles. The molecule has 4 nitrogen and oxygen atoms in total. The maximum atomic E-state index is 5.53. The fraction of sp³-hybridized carbons (Fsp3) is 0.909. The molecule has 16 heavy (non-hydrogen) atoms. The van der Waals surface area contributed by atoms with Crippen LogP contribution >= 0.6 is 12.2 Å².